The summed E-state index contributed by atoms with van der Waals surface area (Å²) in [5.74, 6) is 1.69. The van der Waals surface area contributed by atoms with Crippen LogP contribution in [0.1, 0.15) is 74.1 Å². The highest BCUT2D eigenvalue weighted by molar-refractivity contribution is 5.99. The van der Waals surface area contributed by atoms with Gasteiger partial charge in [-0.2, -0.15) is 0 Å². The molecule has 0 fully saturated rings. The molecule has 1 N–H and O–H groups in total. The Hall–Kier alpha value is -2.91. The van der Waals surface area contributed by atoms with E-state index in [0.717, 1.165) is 59.4 Å². The molecular formula is C33H47N3. The Kier molecular flexibility index (Phi) is 11.9. The zero-order chi connectivity index (χ0) is 26.7. The molecule has 3 aliphatic heterocycles. The normalized spacial score (nSPS) is 19.4. The first-order chi connectivity index (χ1) is 17.2. The monoisotopic (exact) mass is 485 g/mol. The van der Waals surface area contributed by atoms with Crippen LogP contribution in [0.15, 0.2) is 112 Å². The van der Waals surface area contributed by atoms with Crippen molar-refractivity contribution in [3.05, 3.63) is 107 Å². The van der Waals surface area contributed by atoms with Crippen molar-refractivity contribution < 1.29 is 0 Å². The molecule has 0 aromatic heterocycles. The molecular weight excluding hydrogens is 438 g/mol. The van der Waals surface area contributed by atoms with Gasteiger partial charge in [0.2, 0.25) is 0 Å². The zero-order valence-corrected chi connectivity index (χ0v) is 23.7. The number of amidine groups is 1. The molecule has 0 aromatic carbocycles. The fourth-order valence-electron chi connectivity index (χ4n) is 3.98. The first kappa shape index (κ1) is 29.3. The van der Waals surface area contributed by atoms with E-state index in [1.54, 1.807) is 5.57 Å². The van der Waals surface area contributed by atoms with Crippen molar-refractivity contribution in [2.75, 3.05) is 13.1 Å². The minimum atomic E-state index is 0.784. The standard InChI is InChI=1S/C23H27N3.C10H20/c1-6-19(13-17(4)16(2)3)22-14-18(5)26-15-21(7-8-23(26)25-22)20-9-11-24-12-10-20;1-5-7-8-10(4)9(3)6-2/h6-9,13-15,24H,2,5,10-12H2,1,3-4H3;8-9H,5-7H2,1-4H3/b17-13+,19-6+;10-8-. The summed E-state index contributed by atoms with van der Waals surface area (Å²) in [6.07, 6.45) is 22.1. The number of fused-ring (bicyclic) bond motifs is 1. The van der Waals surface area contributed by atoms with E-state index in [1.807, 2.05) is 19.9 Å². The highest BCUT2D eigenvalue weighted by atomic mass is 15.2. The van der Waals surface area contributed by atoms with Crippen LogP contribution in [0.25, 0.3) is 0 Å². The Morgan fingerprint density at radius 3 is 2.56 bits per heavy atom. The minimum absolute atomic E-state index is 0.784. The SMILES string of the molecule is C=C(C)/C(C)=C/C(=C\C)C1=CC(=C)N2C=C(C3=CCNCC3)C=CC2=N1.CCC/C=C(/C)C(C)CC. The summed E-state index contributed by atoms with van der Waals surface area (Å²) in [6, 6.07) is 0. The van der Waals surface area contributed by atoms with Gasteiger partial charge >= 0.3 is 0 Å². The van der Waals surface area contributed by atoms with Crippen molar-refractivity contribution >= 4 is 5.84 Å². The lowest BCUT2D eigenvalue weighted by Gasteiger charge is -2.30. The average Bonchev–Trinajstić information content (AvgIpc) is 2.90. The van der Waals surface area contributed by atoms with Crippen LogP contribution in [0, 0.1) is 5.92 Å². The molecule has 0 aromatic rings. The summed E-state index contributed by atoms with van der Waals surface area (Å²) in [5.41, 5.74) is 9.37. The van der Waals surface area contributed by atoms with Crippen molar-refractivity contribution in [1.82, 2.24) is 10.2 Å². The second-order valence-electron chi connectivity index (χ2n) is 9.86. The van der Waals surface area contributed by atoms with E-state index < -0.39 is 0 Å². The zero-order valence-electron chi connectivity index (χ0n) is 23.7. The first-order valence-electron chi connectivity index (χ1n) is 13.5. The maximum Gasteiger partial charge on any atom is 0.137 e. The number of allylic oxidation sites excluding steroid dienone is 9. The highest BCUT2D eigenvalue weighted by Crippen LogP contribution is 2.30. The number of aliphatic imine (C=N–C) groups is 1. The van der Waals surface area contributed by atoms with E-state index >= 15 is 0 Å². The molecule has 3 heterocycles. The lowest BCUT2D eigenvalue weighted by Crippen LogP contribution is -2.29. The van der Waals surface area contributed by atoms with Gasteiger partial charge < -0.3 is 10.2 Å². The third-order valence-corrected chi connectivity index (χ3v) is 7.01. The van der Waals surface area contributed by atoms with Crippen molar-refractivity contribution in [3.63, 3.8) is 0 Å². The van der Waals surface area contributed by atoms with E-state index in [-0.39, 0.29) is 0 Å². The predicted molar refractivity (Wildman–Crippen MR) is 160 cm³/mol. The van der Waals surface area contributed by atoms with Gasteiger partial charge in [-0.25, -0.2) is 4.99 Å². The Bertz CT molecular complexity index is 1070. The van der Waals surface area contributed by atoms with Crippen molar-refractivity contribution in [1.29, 1.82) is 0 Å². The number of nitrogens with zero attached hydrogens (tertiary/aromatic N) is 2. The minimum Gasteiger partial charge on any atom is -0.313 e. The molecule has 0 spiro atoms. The fraction of sp³-hybridized carbons (Fsp3) is 0.424. The second kappa shape index (κ2) is 14.6. The van der Waals surface area contributed by atoms with Crippen molar-refractivity contribution in [2.45, 2.75) is 74.1 Å². The molecule has 1 atom stereocenters. The summed E-state index contributed by atoms with van der Waals surface area (Å²) in [5, 5.41) is 3.36. The Morgan fingerprint density at radius 2 is 1.97 bits per heavy atom. The number of hydrogen-bond acceptors (Lipinski definition) is 3. The van der Waals surface area contributed by atoms with Crippen LogP contribution in [0.2, 0.25) is 0 Å². The molecule has 0 radical (unpaired) electrons. The molecule has 0 aliphatic carbocycles. The Labute approximate surface area is 220 Å². The van der Waals surface area contributed by atoms with Gasteiger partial charge in [-0.3, -0.25) is 0 Å². The maximum absolute atomic E-state index is 4.85. The van der Waals surface area contributed by atoms with Crippen molar-refractivity contribution in [3.8, 4) is 0 Å². The number of nitrogens with one attached hydrogen (secondary N) is 1. The summed E-state index contributed by atoms with van der Waals surface area (Å²) >= 11 is 0. The van der Waals surface area contributed by atoms with Crippen LogP contribution < -0.4 is 5.32 Å². The van der Waals surface area contributed by atoms with Gasteiger partial charge in [0.05, 0.1) is 5.70 Å². The molecule has 36 heavy (non-hydrogen) atoms. The molecule has 1 unspecified atom stereocenters. The second-order valence-corrected chi connectivity index (χ2v) is 9.86. The highest BCUT2D eigenvalue weighted by Gasteiger charge is 2.21. The molecule has 194 valence electrons. The molecule has 3 nitrogen and oxygen atoms in total. The summed E-state index contributed by atoms with van der Waals surface area (Å²) < 4.78 is 0. The van der Waals surface area contributed by atoms with E-state index in [2.05, 4.69) is 101 Å². The van der Waals surface area contributed by atoms with Gasteiger partial charge in [-0.05, 0) is 106 Å². The van der Waals surface area contributed by atoms with E-state index in [4.69, 9.17) is 4.99 Å². The molecule has 3 rings (SSSR count). The fourth-order valence-corrected chi connectivity index (χ4v) is 3.98. The van der Waals surface area contributed by atoms with Gasteiger partial charge in [0.1, 0.15) is 5.84 Å². The molecule has 0 saturated carbocycles. The molecule has 0 amide bonds. The van der Waals surface area contributed by atoms with Crippen LogP contribution >= 0.6 is 0 Å². The molecule has 0 saturated heterocycles. The predicted octanol–water partition coefficient (Wildman–Crippen LogP) is 8.72. The van der Waals surface area contributed by atoms with E-state index in [9.17, 15) is 0 Å². The maximum atomic E-state index is 4.85. The molecule has 0 bridgehead atoms. The Balaban J connectivity index is 0.000000388. The summed E-state index contributed by atoms with van der Waals surface area (Å²) in [7, 11) is 0. The van der Waals surface area contributed by atoms with Crippen LogP contribution in [-0.4, -0.2) is 23.8 Å². The first-order valence-corrected chi connectivity index (χ1v) is 13.5. The van der Waals surface area contributed by atoms with Gasteiger partial charge in [0, 0.05) is 18.4 Å². The lowest BCUT2D eigenvalue weighted by molar-refractivity contribution is 0.650. The smallest absolute Gasteiger partial charge is 0.137 e. The van der Waals surface area contributed by atoms with Gasteiger partial charge in [0.15, 0.2) is 0 Å². The van der Waals surface area contributed by atoms with E-state index in [1.165, 1.54) is 30.4 Å². The number of rotatable bonds is 8. The molecule has 3 heteroatoms. The largest absolute Gasteiger partial charge is 0.313 e. The van der Waals surface area contributed by atoms with Gasteiger partial charge in [-0.1, -0.05) is 69.7 Å². The third-order valence-electron chi connectivity index (χ3n) is 7.01. The topological polar surface area (TPSA) is 27.6 Å². The van der Waals surface area contributed by atoms with Crippen LogP contribution in [0.5, 0.6) is 0 Å². The van der Waals surface area contributed by atoms with E-state index in [0.29, 0.717) is 0 Å². The quantitative estimate of drug-likeness (QED) is 0.275. The number of hydrogen-bond donors (Lipinski definition) is 1. The van der Waals surface area contributed by atoms with Gasteiger partial charge in [0.25, 0.3) is 0 Å². The third kappa shape index (κ3) is 8.34. The summed E-state index contributed by atoms with van der Waals surface area (Å²) in [6.45, 7) is 25.4. The Morgan fingerprint density at radius 1 is 1.22 bits per heavy atom. The average molecular weight is 486 g/mol. The van der Waals surface area contributed by atoms with Crippen LogP contribution in [0.4, 0.5) is 0 Å². The van der Waals surface area contributed by atoms with Crippen LogP contribution in [-0.2, 0) is 0 Å². The summed E-state index contributed by atoms with van der Waals surface area (Å²) in [4.78, 5) is 6.93. The molecule has 3 aliphatic rings. The number of unbranched alkanes of at least 4 members (excludes halogenated alkanes) is 1. The lowest BCUT2D eigenvalue weighted by atomic mass is 9.98. The van der Waals surface area contributed by atoms with Gasteiger partial charge in [-0.15, -0.1) is 0 Å². The van der Waals surface area contributed by atoms with Crippen molar-refractivity contribution in [2.24, 2.45) is 10.9 Å². The van der Waals surface area contributed by atoms with Crippen LogP contribution in [0.3, 0.4) is 0 Å².